The average molecular weight is 401 g/mol. The highest BCUT2D eigenvalue weighted by Crippen LogP contribution is 2.38. The normalized spacial score (nSPS) is 25.4. The van der Waals surface area contributed by atoms with Crippen molar-refractivity contribution < 1.29 is 9.53 Å². The smallest absolute Gasteiger partial charge is 0.227 e. The first-order valence-electron chi connectivity index (χ1n) is 11.8. The predicted octanol–water partition coefficient (Wildman–Crippen LogP) is 4.53. The number of nitrogens with one attached hydrogen (secondary N) is 1. The Morgan fingerprint density at radius 2 is 1.93 bits per heavy atom. The molecule has 4 nitrogen and oxygen atoms in total. The van der Waals surface area contributed by atoms with Crippen LogP contribution in [-0.4, -0.2) is 49.2 Å². The van der Waals surface area contributed by atoms with Gasteiger partial charge < -0.3 is 15.0 Å². The van der Waals surface area contributed by atoms with Crippen LogP contribution < -0.4 is 5.32 Å². The first kappa shape index (κ1) is 22.3. The molecule has 1 unspecified atom stereocenters. The van der Waals surface area contributed by atoms with E-state index in [1.807, 2.05) is 7.11 Å². The zero-order chi connectivity index (χ0) is 20.9. The Hall–Kier alpha value is -1.39. The number of hydrogen-bond donors (Lipinski definition) is 1. The van der Waals surface area contributed by atoms with Crippen LogP contribution in [0.25, 0.3) is 0 Å². The van der Waals surface area contributed by atoms with E-state index in [0.29, 0.717) is 5.91 Å². The summed E-state index contributed by atoms with van der Waals surface area (Å²) in [5.74, 6) is 0.629. The summed E-state index contributed by atoms with van der Waals surface area (Å²) in [7, 11) is 1.82. The lowest BCUT2D eigenvalue weighted by atomic mass is 9.79. The molecule has 2 fully saturated rings. The number of benzene rings is 1. The van der Waals surface area contributed by atoms with Crippen molar-refractivity contribution in [3.05, 3.63) is 35.4 Å². The van der Waals surface area contributed by atoms with Crippen molar-refractivity contribution in [1.82, 2.24) is 10.2 Å². The highest BCUT2D eigenvalue weighted by atomic mass is 16.5. The fraction of sp³-hybridized carbons (Fsp3) is 0.720. The van der Waals surface area contributed by atoms with Crippen LogP contribution in [0.3, 0.4) is 0 Å². The number of rotatable bonds is 8. The van der Waals surface area contributed by atoms with Crippen LogP contribution in [0.1, 0.15) is 76.3 Å². The number of piperidine rings is 1. The van der Waals surface area contributed by atoms with Crippen LogP contribution in [0.2, 0.25) is 0 Å². The van der Waals surface area contributed by atoms with Crippen LogP contribution in [0.5, 0.6) is 0 Å². The second-order valence-corrected chi connectivity index (χ2v) is 8.84. The monoisotopic (exact) mass is 400 g/mol. The lowest BCUT2D eigenvalue weighted by Gasteiger charge is -2.48. The molecule has 1 aromatic rings. The molecule has 0 aromatic heterocycles. The van der Waals surface area contributed by atoms with Gasteiger partial charge >= 0.3 is 0 Å². The maximum Gasteiger partial charge on any atom is 0.227 e. The Bertz CT molecular complexity index is 662. The van der Waals surface area contributed by atoms with Gasteiger partial charge in [0.2, 0.25) is 5.91 Å². The largest absolute Gasteiger partial charge is 0.376 e. The van der Waals surface area contributed by atoms with Gasteiger partial charge in [-0.3, -0.25) is 4.79 Å². The van der Waals surface area contributed by atoms with Crippen molar-refractivity contribution in [2.24, 2.45) is 5.92 Å². The maximum absolute atomic E-state index is 13.9. The van der Waals surface area contributed by atoms with Crippen LogP contribution >= 0.6 is 0 Å². The topological polar surface area (TPSA) is 41.6 Å². The average Bonchev–Trinajstić information content (AvgIpc) is 3.25. The van der Waals surface area contributed by atoms with Crippen LogP contribution in [0.15, 0.2) is 24.3 Å². The van der Waals surface area contributed by atoms with Gasteiger partial charge in [-0.2, -0.15) is 0 Å². The summed E-state index contributed by atoms with van der Waals surface area (Å²) in [5, 5.41) is 3.53. The maximum atomic E-state index is 13.9. The van der Waals surface area contributed by atoms with Crippen molar-refractivity contribution in [3.8, 4) is 0 Å². The second-order valence-electron chi connectivity index (χ2n) is 8.84. The van der Waals surface area contributed by atoms with Gasteiger partial charge in [0.1, 0.15) is 0 Å². The molecule has 3 rings (SSSR count). The van der Waals surface area contributed by atoms with Crippen molar-refractivity contribution >= 4 is 5.91 Å². The van der Waals surface area contributed by atoms with E-state index in [2.05, 4.69) is 55.3 Å². The molecule has 2 heterocycles. The molecular weight excluding hydrogens is 360 g/mol. The molecule has 2 saturated heterocycles. The van der Waals surface area contributed by atoms with Gasteiger partial charge in [0.05, 0.1) is 17.6 Å². The molecular formula is C25H40N2O2. The van der Waals surface area contributed by atoms with Crippen LogP contribution in [0.4, 0.5) is 0 Å². The van der Waals surface area contributed by atoms with Gasteiger partial charge in [0.15, 0.2) is 0 Å². The Balaban J connectivity index is 1.87. The molecule has 1 N–H and O–H groups in total. The third kappa shape index (κ3) is 4.39. The summed E-state index contributed by atoms with van der Waals surface area (Å²) in [6.45, 7) is 9.17. The minimum atomic E-state index is -0.224. The van der Waals surface area contributed by atoms with Crippen molar-refractivity contribution in [2.75, 3.05) is 26.7 Å². The number of methoxy groups -OCH3 is 1. The van der Waals surface area contributed by atoms with Gasteiger partial charge in [0, 0.05) is 32.7 Å². The molecule has 1 aromatic carbocycles. The number of hydrogen-bond acceptors (Lipinski definition) is 3. The van der Waals surface area contributed by atoms with Gasteiger partial charge in [-0.1, -0.05) is 51.5 Å². The molecule has 3 atom stereocenters. The Kier molecular flexibility index (Phi) is 7.75. The first-order chi connectivity index (χ1) is 14.1. The summed E-state index contributed by atoms with van der Waals surface area (Å²) >= 11 is 0. The molecule has 2 aliphatic heterocycles. The summed E-state index contributed by atoms with van der Waals surface area (Å²) < 4.78 is 6.07. The number of nitrogens with zero attached hydrogens (tertiary/aromatic N) is 1. The predicted molar refractivity (Wildman–Crippen MR) is 119 cm³/mol. The minimum absolute atomic E-state index is 0.0249. The zero-order valence-corrected chi connectivity index (χ0v) is 18.9. The highest BCUT2D eigenvalue weighted by molar-refractivity contribution is 5.81. The lowest BCUT2D eigenvalue weighted by molar-refractivity contribution is -0.152. The fourth-order valence-corrected chi connectivity index (χ4v) is 5.76. The Labute approximate surface area is 177 Å². The van der Waals surface area contributed by atoms with Gasteiger partial charge in [-0.15, -0.1) is 0 Å². The number of ether oxygens (including phenoxy) is 1. The quantitative estimate of drug-likeness (QED) is 0.697. The summed E-state index contributed by atoms with van der Waals surface area (Å²) in [6.07, 6.45) is 7.45. The molecule has 29 heavy (non-hydrogen) atoms. The molecule has 4 heteroatoms. The number of likely N-dealkylation sites (tertiary alicyclic amines) is 1. The van der Waals surface area contributed by atoms with E-state index in [1.54, 1.807) is 0 Å². The van der Waals surface area contributed by atoms with Crippen LogP contribution in [-0.2, 0) is 16.0 Å². The Morgan fingerprint density at radius 1 is 1.17 bits per heavy atom. The van der Waals surface area contributed by atoms with E-state index >= 15 is 0 Å². The molecule has 1 amide bonds. The molecule has 0 aliphatic carbocycles. The molecule has 0 spiro atoms. The van der Waals surface area contributed by atoms with E-state index in [9.17, 15) is 4.79 Å². The van der Waals surface area contributed by atoms with E-state index in [4.69, 9.17) is 4.74 Å². The molecule has 0 radical (unpaired) electrons. The number of carbonyl (C=O) groups is 1. The standard InChI is InChI=1S/C25H40N2O2/c1-5-12-19-13-8-9-14-20(19)21-17-26-18-22(21)24(28)27-16-11-10-15-23(27)25(6-2,7-3)29-4/h8-9,13-14,21-23,26H,5-7,10-12,15-18H2,1-4H3/t21-,22-,23?/m1/s1. The summed E-state index contributed by atoms with van der Waals surface area (Å²) in [5.41, 5.74) is 2.55. The third-order valence-corrected chi connectivity index (χ3v) is 7.50. The van der Waals surface area contributed by atoms with E-state index in [0.717, 1.165) is 58.2 Å². The van der Waals surface area contributed by atoms with Gasteiger partial charge in [-0.25, -0.2) is 0 Å². The molecule has 162 valence electrons. The zero-order valence-electron chi connectivity index (χ0n) is 18.9. The lowest BCUT2D eigenvalue weighted by Crippen LogP contribution is -2.58. The third-order valence-electron chi connectivity index (χ3n) is 7.50. The summed E-state index contributed by atoms with van der Waals surface area (Å²) in [6, 6.07) is 8.93. The van der Waals surface area contributed by atoms with Gasteiger partial charge in [-0.05, 0) is 49.7 Å². The molecule has 2 aliphatic rings. The highest BCUT2D eigenvalue weighted by Gasteiger charge is 2.46. The fourth-order valence-electron chi connectivity index (χ4n) is 5.76. The molecule has 0 saturated carbocycles. The van der Waals surface area contributed by atoms with E-state index in [1.165, 1.54) is 17.5 Å². The molecule has 0 bridgehead atoms. The van der Waals surface area contributed by atoms with Crippen LogP contribution in [0, 0.1) is 5.92 Å². The number of amides is 1. The minimum Gasteiger partial charge on any atom is -0.376 e. The van der Waals surface area contributed by atoms with Crippen molar-refractivity contribution in [1.29, 1.82) is 0 Å². The van der Waals surface area contributed by atoms with E-state index in [-0.39, 0.29) is 23.5 Å². The first-order valence-corrected chi connectivity index (χ1v) is 11.8. The summed E-state index contributed by atoms with van der Waals surface area (Å²) in [4.78, 5) is 16.1. The van der Waals surface area contributed by atoms with E-state index < -0.39 is 0 Å². The second kappa shape index (κ2) is 10.1. The SMILES string of the molecule is CCCc1ccccc1[C@H]1CNC[C@H]1C(=O)N1CCCCC1C(CC)(CC)OC. The van der Waals surface area contributed by atoms with Gasteiger partial charge in [0.25, 0.3) is 0 Å². The van der Waals surface area contributed by atoms with Crippen molar-refractivity contribution in [2.45, 2.75) is 83.3 Å². The number of carbonyl (C=O) groups excluding carboxylic acids is 1. The number of aryl methyl sites for hydroxylation is 1. The Morgan fingerprint density at radius 3 is 2.62 bits per heavy atom. The van der Waals surface area contributed by atoms with Crippen molar-refractivity contribution in [3.63, 3.8) is 0 Å².